The lowest BCUT2D eigenvalue weighted by Crippen LogP contribution is -2.27. The first kappa shape index (κ1) is 36.5. The predicted octanol–water partition coefficient (Wildman–Crippen LogP) is 1.04. The van der Waals surface area contributed by atoms with E-state index in [4.69, 9.17) is 9.79 Å². The van der Waals surface area contributed by atoms with E-state index in [-0.39, 0.29) is 13.2 Å². The predicted molar refractivity (Wildman–Crippen MR) is 115 cm³/mol. The van der Waals surface area contributed by atoms with Gasteiger partial charge in [-0.25, -0.2) is 22.8 Å². The molecule has 0 fully saturated rings. The first-order chi connectivity index (χ1) is 16.3. The highest BCUT2D eigenvalue weighted by Gasteiger charge is 2.35. The Labute approximate surface area is 205 Å². The zero-order valence-electron chi connectivity index (χ0n) is 19.0. The van der Waals surface area contributed by atoms with Crippen LogP contribution >= 0.6 is 39.1 Å². The van der Waals surface area contributed by atoms with Crippen LogP contribution in [-0.2, 0) is 63.5 Å². The maximum absolute atomic E-state index is 12.3. The second-order valence-corrected chi connectivity index (χ2v) is 13.1. The van der Waals surface area contributed by atoms with Gasteiger partial charge in [-0.15, -0.1) is 0 Å². The minimum Gasteiger partial charge on any atom is -0.303 e. The zero-order chi connectivity index (χ0) is 28.3. The largest absolute Gasteiger partial charge is 0.472 e. The van der Waals surface area contributed by atoms with Gasteiger partial charge in [0.15, 0.2) is 0 Å². The molecule has 0 aromatic rings. The number of hydrogen-bond acceptors (Lipinski definition) is 14. The molecule has 0 bridgehead atoms. The highest BCUT2D eigenvalue weighted by molar-refractivity contribution is 7.48. The molecular weight excluding hydrogens is 607 g/mol. The molecule has 0 aliphatic rings. The highest BCUT2D eigenvalue weighted by atomic mass is 31.2. The van der Waals surface area contributed by atoms with E-state index in [1.54, 1.807) is 0 Å². The van der Waals surface area contributed by atoms with Crippen molar-refractivity contribution in [3.63, 3.8) is 0 Å². The van der Waals surface area contributed by atoms with Crippen molar-refractivity contribution in [1.29, 1.82) is 0 Å². The molecule has 5 atom stereocenters. The van der Waals surface area contributed by atoms with Gasteiger partial charge in [0.25, 0.3) is 0 Å². The van der Waals surface area contributed by atoms with Gasteiger partial charge < -0.3 is 29.4 Å². The topological polar surface area (TPSA) is 290 Å². The Balaban J connectivity index is 5.43. The molecule has 0 radical (unpaired) electrons. The van der Waals surface area contributed by atoms with Crippen LogP contribution in [0.25, 0.3) is 0 Å². The molecule has 0 aliphatic carbocycles. The van der Waals surface area contributed by atoms with Crippen molar-refractivity contribution in [2.45, 2.75) is 26.1 Å². The molecule has 0 saturated heterocycles. The summed E-state index contributed by atoms with van der Waals surface area (Å²) in [5, 5.41) is 0. The molecule has 0 aromatic heterocycles. The number of hydrogen-bond donors (Lipinski definition) is 6. The third-order valence-electron chi connectivity index (χ3n) is 3.08. The summed E-state index contributed by atoms with van der Waals surface area (Å²) >= 11 is 0. The molecule has 0 aliphatic heterocycles. The Hall–Kier alpha value is 0.550. The third-order valence-corrected chi connectivity index (χ3v) is 7.75. The SMILES string of the molecule is CCOP(=O)(O)OCC(COP(=O)(O)OCC)OP(=O)(O)OCC(COP(=O)(O)O)OP(=O)(O)OC. The van der Waals surface area contributed by atoms with Gasteiger partial charge in [0.05, 0.1) is 39.6 Å². The quantitative estimate of drug-likeness (QED) is 0.0959. The Bertz CT molecular complexity index is 857. The van der Waals surface area contributed by atoms with Crippen LogP contribution in [0.3, 0.4) is 0 Å². The van der Waals surface area contributed by atoms with E-state index in [1.807, 2.05) is 0 Å². The highest BCUT2D eigenvalue weighted by Crippen LogP contribution is 2.50. The minimum atomic E-state index is -5.26. The van der Waals surface area contributed by atoms with Gasteiger partial charge in [-0.3, -0.25) is 40.7 Å². The van der Waals surface area contributed by atoms with E-state index in [0.29, 0.717) is 0 Å². The zero-order valence-corrected chi connectivity index (χ0v) is 23.5. The first-order valence-corrected chi connectivity index (χ1v) is 16.9. The first-order valence-electron chi connectivity index (χ1n) is 9.41. The summed E-state index contributed by atoms with van der Waals surface area (Å²) in [4.78, 5) is 55.8. The number of phosphoric ester groups is 5. The van der Waals surface area contributed by atoms with Gasteiger partial charge in [0.1, 0.15) is 12.2 Å². The fraction of sp³-hybridized carbons (Fsp3) is 1.00. The average molecular weight is 636 g/mol. The lowest BCUT2D eigenvalue weighted by atomic mass is 10.4. The van der Waals surface area contributed by atoms with Crippen molar-refractivity contribution in [2.75, 3.05) is 46.8 Å². The van der Waals surface area contributed by atoms with Crippen molar-refractivity contribution in [3.8, 4) is 0 Å². The summed E-state index contributed by atoms with van der Waals surface area (Å²) in [6, 6.07) is 0. The van der Waals surface area contributed by atoms with E-state index in [2.05, 4.69) is 40.7 Å². The molecule has 218 valence electrons. The molecule has 36 heavy (non-hydrogen) atoms. The Morgan fingerprint density at radius 2 is 0.861 bits per heavy atom. The normalized spacial score (nSPS) is 21.0. The fourth-order valence-electron chi connectivity index (χ4n) is 1.78. The van der Waals surface area contributed by atoms with Crippen LogP contribution in [0, 0.1) is 0 Å². The van der Waals surface area contributed by atoms with Gasteiger partial charge in [-0.05, 0) is 13.8 Å². The smallest absolute Gasteiger partial charge is 0.303 e. The lowest BCUT2D eigenvalue weighted by molar-refractivity contribution is 0.00104. The molecule has 25 heteroatoms. The summed E-state index contributed by atoms with van der Waals surface area (Å²) in [5.74, 6) is 0. The molecule has 0 aromatic carbocycles. The Morgan fingerprint density at radius 1 is 0.528 bits per heavy atom. The van der Waals surface area contributed by atoms with Crippen molar-refractivity contribution in [2.24, 2.45) is 0 Å². The second-order valence-electron chi connectivity index (χ2n) is 6.02. The van der Waals surface area contributed by atoms with Crippen LogP contribution < -0.4 is 0 Å². The van der Waals surface area contributed by atoms with Gasteiger partial charge in [-0.1, -0.05) is 0 Å². The van der Waals surface area contributed by atoms with Crippen LogP contribution in [0.5, 0.6) is 0 Å². The molecule has 6 N–H and O–H groups in total. The van der Waals surface area contributed by atoms with E-state index in [9.17, 15) is 42.4 Å². The fourth-order valence-corrected chi connectivity index (χ4v) is 5.15. The van der Waals surface area contributed by atoms with Crippen molar-refractivity contribution in [1.82, 2.24) is 0 Å². The summed E-state index contributed by atoms with van der Waals surface area (Å²) in [6.07, 6.45) is -3.73. The Kier molecular flexibility index (Phi) is 16.2. The standard InChI is InChI=1S/C11H29O20P5/c1-4-24-34(17,18)27-7-11(8-28-35(19,20)25-5-2)31-36(21,22)29-9-10(6-26-32(12,13)14)30-33(15,16)23-3/h10-11H,4-9H2,1-3H3,(H,15,16)(H,17,18)(H,19,20)(H,21,22)(H2,12,13,14). The van der Waals surface area contributed by atoms with E-state index >= 15 is 0 Å². The Morgan fingerprint density at radius 3 is 1.19 bits per heavy atom. The monoisotopic (exact) mass is 636 g/mol. The second kappa shape index (κ2) is 16.0. The summed E-state index contributed by atoms with van der Waals surface area (Å²) in [6.45, 7) is -2.15. The van der Waals surface area contributed by atoms with Crippen LogP contribution in [0.2, 0.25) is 0 Å². The van der Waals surface area contributed by atoms with Crippen LogP contribution in [-0.4, -0.2) is 88.3 Å². The summed E-state index contributed by atoms with van der Waals surface area (Å²) < 4.78 is 98.1. The van der Waals surface area contributed by atoms with Crippen LogP contribution in [0.4, 0.5) is 0 Å². The molecule has 20 nitrogen and oxygen atoms in total. The molecule has 0 amide bonds. The van der Waals surface area contributed by atoms with E-state index < -0.39 is 77.7 Å². The maximum Gasteiger partial charge on any atom is 0.472 e. The summed E-state index contributed by atoms with van der Waals surface area (Å²) in [7, 11) is -23.8. The molecule has 0 spiro atoms. The van der Waals surface area contributed by atoms with Crippen LogP contribution in [0.15, 0.2) is 0 Å². The molecule has 0 heterocycles. The average Bonchev–Trinajstić information content (AvgIpc) is 2.71. The van der Waals surface area contributed by atoms with Crippen molar-refractivity contribution >= 4 is 39.1 Å². The van der Waals surface area contributed by atoms with E-state index in [0.717, 1.165) is 7.11 Å². The van der Waals surface area contributed by atoms with Gasteiger partial charge in [0.2, 0.25) is 0 Å². The van der Waals surface area contributed by atoms with E-state index in [1.165, 1.54) is 13.8 Å². The van der Waals surface area contributed by atoms with Gasteiger partial charge in [0, 0.05) is 7.11 Å². The lowest BCUT2D eigenvalue weighted by Gasteiger charge is -2.24. The van der Waals surface area contributed by atoms with Gasteiger partial charge in [-0.2, -0.15) is 0 Å². The van der Waals surface area contributed by atoms with Crippen molar-refractivity contribution < 1.29 is 92.9 Å². The number of phosphoric acid groups is 5. The van der Waals surface area contributed by atoms with Crippen molar-refractivity contribution in [3.05, 3.63) is 0 Å². The number of rotatable bonds is 21. The molecule has 0 rings (SSSR count). The van der Waals surface area contributed by atoms with Crippen LogP contribution in [0.1, 0.15) is 13.8 Å². The molecule has 5 unspecified atom stereocenters. The van der Waals surface area contributed by atoms with Gasteiger partial charge >= 0.3 is 39.1 Å². The third kappa shape index (κ3) is 18.7. The minimum absolute atomic E-state index is 0.262. The maximum atomic E-state index is 12.3. The molecule has 0 saturated carbocycles. The summed E-state index contributed by atoms with van der Waals surface area (Å²) in [5.41, 5.74) is 0. The molecular formula is C11H29O20P5.